The van der Waals surface area contributed by atoms with Gasteiger partial charge in [0.15, 0.2) is 5.13 Å². The molecule has 0 fully saturated rings. The molecular formula is C21H20N6O2S2. The quantitative estimate of drug-likeness (QED) is 0.274. The minimum Gasteiger partial charge on any atom is -0.404 e. The summed E-state index contributed by atoms with van der Waals surface area (Å²) in [6, 6.07) is 11.9. The molecule has 2 amide bonds. The van der Waals surface area contributed by atoms with Crippen LogP contribution in [0.25, 0.3) is 22.4 Å². The zero-order valence-electron chi connectivity index (χ0n) is 16.6. The Bertz CT molecular complexity index is 1110. The van der Waals surface area contributed by atoms with Crippen molar-refractivity contribution >= 4 is 46.4 Å². The minimum absolute atomic E-state index is 0.174. The molecule has 0 aliphatic carbocycles. The van der Waals surface area contributed by atoms with Crippen molar-refractivity contribution in [3.63, 3.8) is 0 Å². The zero-order chi connectivity index (χ0) is 22.1. The van der Waals surface area contributed by atoms with Crippen LogP contribution in [0.1, 0.15) is 0 Å². The molecule has 3 aromatic rings. The Morgan fingerprint density at radius 3 is 2.71 bits per heavy atom. The lowest BCUT2D eigenvalue weighted by molar-refractivity contribution is -0.121. The molecular weight excluding hydrogens is 432 g/mol. The Hall–Kier alpha value is -3.50. The second kappa shape index (κ2) is 11.0. The average molecular weight is 453 g/mol. The van der Waals surface area contributed by atoms with Crippen molar-refractivity contribution in [2.75, 3.05) is 18.1 Å². The molecule has 10 heteroatoms. The van der Waals surface area contributed by atoms with Crippen LogP contribution in [0.4, 0.5) is 5.13 Å². The summed E-state index contributed by atoms with van der Waals surface area (Å²) in [6.45, 7) is -0.213. The molecule has 0 aliphatic rings. The average Bonchev–Trinajstić information content (AvgIpc) is 3.27. The molecule has 0 atom stereocenters. The van der Waals surface area contributed by atoms with Crippen LogP contribution in [0, 0.1) is 0 Å². The second-order valence-electron chi connectivity index (χ2n) is 6.12. The highest BCUT2D eigenvalue weighted by atomic mass is 32.2. The maximum atomic E-state index is 12.2. The van der Waals surface area contributed by atoms with E-state index in [1.165, 1.54) is 29.5 Å². The van der Waals surface area contributed by atoms with Gasteiger partial charge in [0.2, 0.25) is 5.91 Å². The van der Waals surface area contributed by atoms with E-state index in [9.17, 15) is 9.59 Å². The van der Waals surface area contributed by atoms with Gasteiger partial charge in [0.05, 0.1) is 17.8 Å². The fourth-order valence-corrected chi connectivity index (χ4v) is 3.53. The van der Waals surface area contributed by atoms with E-state index in [-0.39, 0.29) is 12.1 Å². The van der Waals surface area contributed by atoms with Gasteiger partial charge >= 0.3 is 0 Å². The smallest absolute Gasteiger partial charge is 0.254 e. The first-order valence-corrected chi connectivity index (χ1v) is 11.2. The summed E-state index contributed by atoms with van der Waals surface area (Å²) in [6.07, 6.45) is 7.73. The number of thiazole rings is 1. The van der Waals surface area contributed by atoms with Crippen molar-refractivity contribution in [2.45, 2.75) is 0 Å². The molecule has 2 heterocycles. The molecule has 0 saturated carbocycles. The van der Waals surface area contributed by atoms with Crippen LogP contribution in [0.3, 0.4) is 0 Å². The van der Waals surface area contributed by atoms with E-state index in [1.807, 2.05) is 41.8 Å². The summed E-state index contributed by atoms with van der Waals surface area (Å²) in [7, 11) is 0. The molecule has 158 valence electrons. The fraction of sp³-hybridized carbons (Fsp3) is 0.0952. The molecule has 0 aliphatic heterocycles. The van der Waals surface area contributed by atoms with E-state index in [0.29, 0.717) is 5.13 Å². The lowest BCUT2D eigenvalue weighted by Crippen LogP contribution is -2.34. The van der Waals surface area contributed by atoms with Gasteiger partial charge < -0.3 is 16.4 Å². The third-order valence-corrected chi connectivity index (χ3v) is 5.14. The number of carbonyl (C=O) groups is 2. The lowest BCUT2D eigenvalue weighted by atomic mass is 10.0. The van der Waals surface area contributed by atoms with E-state index in [1.54, 1.807) is 18.6 Å². The summed E-state index contributed by atoms with van der Waals surface area (Å²) in [4.78, 5) is 32.7. The first kappa shape index (κ1) is 22.2. The van der Waals surface area contributed by atoms with E-state index in [4.69, 9.17) is 5.73 Å². The predicted octanol–water partition coefficient (Wildman–Crippen LogP) is 3.12. The SMILES string of the molecule is CSN=CC(=CN)C(=O)NCC(=O)Nc1nc(-c2cccc(-c3ccncc3)c2)cs1. The van der Waals surface area contributed by atoms with Crippen LogP contribution in [-0.2, 0) is 9.59 Å². The highest BCUT2D eigenvalue weighted by Crippen LogP contribution is 2.28. The van der Waals surface area contributed by atoms with E-state index in [0.717, 1.165) is 28.6 Å². The minimum atomic E-state index is -0.483. The zero-order valence-corrected chi connectivity index (χ0v) is 18.2. The molecule has 0 bridgehead atoms. The second-order valence-corrected chi connectivity index (χ2v) is 7.56. The number of rotatable bonds is 8. The van der Waals surface area contributed by atoms with E-state index >= 15 is 0 Å². The number of benzene rings is 1. The topological polar surface area (TPSA) is 122 Å². The van der Waals surface area contributed by atoms with Crippen molar-refractivity contribution < 1.29 is 9.59 Å². The summed E-state index contributed by atoms with van der Waals surface area (Å²) in [5.74, 6) is -0.874. The number of anilines is 1. The molecule has 0 radical (unpaired) electrons. The third-order valence-electron chi connectivity index (χ3n) is 4.07. The van der Waals surface area contributed by atoms with Gasteiger partial charge in [-0.1, -0.05) is 18.2 Å². The molecule has 3 rings (SSSR count). The van der Waals surface area contributed by atoms with Crippen molar-refractivity contribution in [2.24, 2.45) is 10.1 Å². The number of hydrogen-bond acceptors (Lipinski definition) is 8. The Morgan fingerprint density at radius 1 is 1.19 bits per heavy atom. The summed E-state index contributed by atoms with van der Waals surface area (Å²) in [5.41, 5.74) is 9.39. The van der Waals surface area contributed by atoms with Crippen LogP contribution < -0.4 is 16.4 Å². The van der Waals surface area contributed by atoms with Gasteiger partial charge in [0.1, 0.15) is 0 Å². The van der Waals surface area contributed by atoms with Gasteiger partial charge in [0, 0.05) is 42.0 Å². The van der Waals surface area contributed by atoms with E-state index in [2.05, 4.69) is 25.0 Å². The maximum absolute atomic E-state index is 12.2. The highest BCUT2D eigenvalue weighted by molar-refractivity contribution is 7.97. The number of pyridine rings is 1. The number of nitrogens with one attached hydrogen (secondary N) is 2. The fourth-order valence-electron chi connectivity index (χ4n) is 2.58. The molecule has 31 heavy (non-hydrogen) atoms. The Balaban J connectivity index is 1.61. The first-order chi connectivity index (χ1) is 15.1. The van der Waals surface area contributed by atoms with Crippen molar-refractivity contribution in [3.8, 4) is 22.4 Å². The van der Waals surface area contributed by atoms with Crippen LogP contribution in [0.15, 0.2) is 70.3 Å². The third kappa shape index (κ3) is 6.24. The number of hydrogen-bond donors (Lipinski definition) is 3. The molecule has 1 aromatic carbocycles. The van der Waals surface area contributed by atoms with Crippen LogP contribution in [-0.4, -0.2) is 40.8 Å². The Kier molecular flexibility index (Phi) is 7.91. The number of nitrogens with two attached hydrogens (primary N) is 1. The first-order valence-electron chi connectivity index (χ1n) is 9.13. The molecule has 0 unspecified atom stereocenters. The summed E-state index contributed by atoms with van der Waals surface area (Å²) >= 11 is 2.50. The number of amides is 2. The molecule has 2 aromatic heterocycles. The molecule has 0 saturated heterocycles. The van der Waals surface area contributed by atoms with E-state index < -0.39 is 11.8 Å². The van der Waals surface area contributed by atoms with Gasteiger partial charge in [-0.25, -0.2) is 9.38 Å². The van der Waals surface area contributed by atoms with Crippen LogP contribution >= 0.6 is 23.3 Å². The number of carbonyl (C=O) groups excluding carboxylic acids is 2. The van der Waals surface area contributed by atoms with Crippen molar-refractivity contribution in [3.05, 3.63) is 65.9 Å². The monoisotopic (exact) mass is 452 g/mol. The predicted molar refractivity (Wildman–Crippen MR) is 127 cm³/mol. The van der Waals surface area contributed by atoms with Crippen molar-refractivity contribution in [1.29, 1.82) is 0 Å². The summed E-state index contributed by atoms with van der Waals surface area (Å²) in [5, 5.41) is 7.50. The van der Waals surface area contributed by atoms with Crippen LogP contribution in [0.2, 0.25) is 0 Å². The maximum Gasteiger partial charge on any atom is 0.254 e. The van der Waals surface area contributed by atoms with Crippen LogP contribution in [0.5, 0.6) is 0 Å². The molecule has 4 N–H and O–H groups in total. The van der Waals surface area contributed by atoms with Gasteiger partial charge in [-0.3, -0.25) is 14.6 Å². The number of nitrogens with zero attached hydrogens (tertiary/aromatic N) is 3. The number of aromatic nitrogens is 2. The summed E-state index contributed by atoms with van der Waals surface area (Å²) < 4.78 is 3.89. The normalized spacial score (nSPS) is 11.5. The Morgan fingerprint density at radius 2 is 1.97 bits per heavy atom. The highest BCUT2D eigenvalue weighted by Gasteiger charge is 2.12. The molecule has 0 spiro atoms. The van der Waals surface area contributed by atoms with Gasteiger partial charge in [-0.15, -0.1) is 11.3 Å². The molecule has 8 nitrogen and oxygen atoms in total. The van der Waals surface area contributed by atoms with Gasteiger partial charge in [0.25, 0.3) is 5.91 Å². The largest absolute Gasteiger partial charge is 0.404 e. The van der Waals surface area contributed by atoms with Crippen molar-refractivity contribution in [1.82, 2.24) is 15.3 Å². The lowest BCUT2D eigenvalue weighted by Gasteiger charge is -2.05. The standard InChI is InChI=1S/C21H20N6O2S2/c1-30-25-11-17(10-22)20(29)24-12-19(28)27-21-26-18(13-31-21)16-4-2-3-15(9-16)14-5-7-23-8-6-14/h2-11,13H,12,22H2,1H3,(H,24,29)(H,26,27,28). The van der Waals surface area contributed by atoms with Gasteiger partial charge in [-0.2, -0.15) is 0 Å². The Labute approximate surface area is 187 Å². The van der Waals surface area contributed by atoms with Gasteiger partial charge in [-0.05, 0) is 41.3 Å².